The first-order valence-electron chi connectivity index (χ1n) is 12.6. The maximum atomic E-state index is 13.0. The Balaban J connectivity index is 1.66. The normalized spacial score (nSPS) is 14.3. The Morgan fingerprint density at radius 3 is 2.61 bits per heavy atom. The third-order valence-corrected chi connectivity index (χ3v) is 5.75. The highest BCUT2D eigenvalue weighted by Gasteiger charge is 2.26. The molecule has 3 aromatic rings. The lowest BCUT2D eigenvalue weighted by molar-refractivity contribution is -0.0515. The number of hydrogen-bond donors (Lipinski definition) is 1. The number of ether oxygens (including phenoxy) is 3. The molecule has 2 heterocycles. The number of hydrogen-bond acceptors (Lipinski definition) is 7. The minimum Gasteiger partial charge on any atom is -0.489 e. The molecular weight excluding hydrogens is 496 g/mol. The average molecular weight is 530 g/mol. The number of amides is 1. The lowest BCUT2D eigenvalue weighted by Crippen LogP contribution is -2.34. The number of halogens is 2. The monoisotopic (exact) mass is 529 g/mol. The second-order valence-electron chi connectivity index (χ2n) is 10.5. The summed E-state index contributed by atoms with van der Waals surface area (Å²) in [6, 6.07) is 7.85. The molecular formula is C28H33F2N3O5. The van der Waals surface area contributed by atoms with Crippen molar-refractivity contribution in [3.05, 3.63) is 59.2 Å². The number of aromatic nitrogens is 2. The molecule has 1 unspecified atom stereocenters. The van der Waals surface area contributed by atoms with Gasteiger partial charge in [-0.1, -0.05) is 0 Å². The van der Waals surface area contributed by atoms with Gasteiger partial charge in [0, 0.05) is 23.9 Å². The minimum atomic E-state index is -2.98. The van der Waals surface area contributed by atoms with E-state index in [0.717, 1.165) is 24.1 Å². The van der Waals surface area contributed by atoms with Gasteiger partial charge in [-0.15, -0.1) is 0 Å². The van der Waals surface area contributed by atoms with Gasteiger partial charge in [0.25, 0.3) is 0 Å². The summed E-state index contributed by atoms with van der Waals surface area (Å²) in [5.41, 5.74) is 2.27. The summed E-state index contributed by atoms with van der Waals surface area (Å²) in [7, 11) is 0. The Morgan fingerprint density at radius 1 is 1.18 bits per heavy atom. The smallest absolute Gasteiger partial charge is 0.408 e. The summed E-state index contributed by atoms with van der Waals surface area (Å²) >= 11 is 0. The van der Waals surface area contributed by atoms with Crippen LogP contribution in [0.5, 0.6) is 11.5 Å². The molecule has 2 aromatic heterocycles. The van der Waals surface area contributed by atoms with Crippen LogP contribution < -0.4 is 14.8 Å². The van der Waals surface area contributed by atoms with Gasteiger partial charge in [0.05, 0.1) is 18.3 Å². The van der Waals surface area contributed by atoms with Crippen molar-refractivity contribution in [3.63, 3.8) is 0 Å². The van der Waals surface area contributed by atoms with E-state index < -0.39 is 24.3 Å². The molecule has 8 nitrogen and oxygen atoms in total. The quantitative estimate of drug-likeness (QED) is 0.316. The summed E-state index contributed by atoms with van der Waals surface area (Å²) in [5.74, 6) is 1.24. The van der Waals surface area contributed by atoms with Gasteiger partial charge in [-0.2, -0.15) is 8.78 Å². The highest BCUT2D eigenvalue weighted by Crippen LogP contribution is 2.37. The first-order valence-corrected chi connectivity index (χ1v) is 12.6. The Morgan fingerprint density at radius 2 is 1.95 bits per heavy atom. The molecule has 0 bridgehead atoms. The van der Waals surface area contributed by atoms with Crippen LogP contribution in [-0.4, -0.2) is 34.9 Å². The maximum absolute atomic E-state index is 13.0. The van der Waals surface area contributed by atoms with Crippen molar-refractivity contribution in [1.29, 1.82) is 0 Å². The number of rotatable bonds is 10. The van der Waals surface area contributed by atoms with Crippen molar-refractivity contribution in [3.8, 4) is 23.0 Å². The van der Waals surface area contributed by atoms with Crippen LogP contribution in [0.2, 0.25) is 0 Å². The number of alkyl halides is 2. The maximum Gasteiger partial charge on any atom is 0.408 e. The number of nitrogens with one attached hydrogen (secondary N) is 1. The van der Waals surface area contributed by atoms with Crippen LogP contribution in [0.15, 0.2) is 40.9 Å². The van der Waals surface area contributed by atoms with Gasteiger partial charge in [0.1, 0.15) is 5.60 Å². The predicted octanol–water partition coefficient (Wildman–Crippen LogP) is 6.61. The topological polar surface area (TPSA) is 95.7 Å². The number of pyridine rings is 1. The van der Waals surface area contributed by atoms with Gasteiger partial charge in [-0.25, -0.2) is 9.78 Å². The molecule has 1 aliphatic carbocycles. The fourth-order valence-corrected chi connectivity index (χ4v) is 3.81. The summed E-state index contributed by atoms with van der Waals surface area (Å²) < 4.78 is 47.9. The van der Waals surface area contributed by atoms with Crippen molar-refractivity contribution in [2.24, 2.45) is 5.92 Å². The van der Waals surface area contributed by atoms with Crippen LogP contribution in [-0.2, 0) is 11.2 Å². The van der Waals surface area contributed by atoms with Gasteiger partial charge in [-0.05, 0) is 89.3 Å². The second kappa shape index (κ2) is 11.4. The third-order valence-electron chi connectivity index (χ3n) is 5.75. The zero-order valence-electron chi connectivity index (χ0n) is 22.2. The van der Waals surface area contributed by atoms with Crippen molar-refractivity contribution in [2.75, 3.05) is 6.61 Å². The minimum absolute atomic E-state index is 0.0553. The van der Waals surface area contributed by atoms with Crippen LogP contribution in [0.4, 0.5) is 13.6 Å². The number of carbonyl (C=O) groups is 1. The van der Waals surface area contributed by atoms with Crippen molar-refractivity contribution in [2.45, 2.75) is 72.1 Å². The molecule has 1 N–H and O–H groups in total. The van der Waals surface area contributed by atoms with Crippen LogP contribution in [0.3, 0.4) is 0 Å². The lowest BCUT2D eigenvalue weighted by atomic mass is 10.1. The molecule has 38 heavy (non-hydrogen) atoms. The van der Waals surface area contributed by atoms with E-state index in [4.69, 9.17) is 18.9 Å². The molecule has 1 saturated carbocycles. The van der Waals surface area contributed by atoms with Crippen LogP contribution >= 0.6 is 0 Å². The number of carbonyl (C=O) groups excluding carboxylic acids is 1. The summed E-state index contributed by atoms with van der Waals surface area (Å²) in [5, 5.41) is 2.79. The zero-order valence-corrected chi connectivity index (χ0v) is 22.2. The molecule has 1 aromatic carbocycles. The Hall–Kier alpha value is -3.69. The molecule has 1 amide bonds. The number of benzene rings is 1. The molecule has 0 spiro atoms. The van der Waals surface area contributed by atoms with E-state index in [1.54, 1.807) is 46.0 Å². The van der Waals surface area contributed by atoms with Crippen molar-refractivity contribution >= 4 is 6.09 Å². The van der Waals surface area contributed by atoms with Gasteiger partial charge in [-0.3, -0.25) is 4.98 Å². The molecule has 1 fully saturated rings. The Kier molecular flexibility index (Phi) is 8.18. The largest absolute Gasteiger partial charge is 0.489 e. The summed E-state index contributed by atoms with van der Waals surface area (Å²) in [6.45, 7) is 6.52. The molecule has 10 heteroatoms. The molecule has 4 rings (SSSR count). The van der Waals surface area contributed by atoms with Crippen molar-refractivity contribution < 1.29 is 32.2 Å². The number of nitrogens with zero attached hydrogens (tertiary/aromatic N) is 2. The fourth-order valence-electron chi connectivity index (χ4n) is 3.81. The second-order valence-corrected chi connectivity index (χ2v) is 10.5. The first-order chi connectivity index (χ1) is 18.0. The first kappa shape index (κ1) is 27.3. The standard InChI is InChI=1S/C28H33F2N3O5/c1-16-10-11-31-20(12-16)14-21-24(17(2)32-27(34)38-28(3,4)5)37-25(33-21)19-8-9-22(36-26(29)30)23(13-19)35-15-18-6-7-18/h8-13,17-18,26H,6-7,14-15H2,1-5H3,(H,32,34). The Labute approximate surface area is 220 Å². The predicted molar refractivity (Wildman–Crippen MR) is 136 cm³/mol. The summed E-state index contributed by atoms with van der Waals surface area (Å²) in [4.78, 5) is 21.6. The van der Waals surface area contributed by atoms with E-state index in [9.17, 15) is 13.6 Å². The lowest BCUT2D eigenvalue weighted by Gasteiger charge is -2.21. The van der Waals surface area contributed by atoms with Crippen LogP contribution in [0.1, 0.15) is 69.3 Å². The highest BCUT2D eigenvalue weighted by atomic mass is 19.3. The van der Waals surface area contributed by atoms with Gasteiger partial charge < -0.3 is 23.9 Å². The number of alkyl carbamates (subject to hydrolysis) is 1. The molecule has 0 saturated heterocycles. The fraction of sp³-hybridized carbons (Fsp3) is 0.464. The molecule has 0 radical (unpaired) electrons. The molecule has 1 atom stereocenters. The SMILES string of the molecule is Cc1ccnc(Cc2nc(-c3ccc(OC(F)F)c(OCC4CC4)c3)oc2C(C)NC(=O)OC(C)(C)C)c1. The van der Waals surface area contributed by atoms with E-state index in [-0.39, 0.29) is 17.4 Å². The zero-order chi connectivity index (χ0) is 27.4. The third kappa shape index (κ3) is 7.66. The van der Waals surface area contributed by atoms with E-state index in [0.29, 0.717) is 36.0 Å². The van der Waals surface area contributed by atoms with E-state index in [1.807, 2.05) is 19.1 Å². The van der Waals surface area contributed by atoms with E-state index in [1.165, 1.54) is 6.07 Å². The van der Waals surface area contributed by atoms with E-state index in [2.05, 4.69) is 15.0 Å². The Bertz CT molecular complexity index is 1270. The van der Waals surface area contributed by atoms with Crippen molar-refractivity contribution in [1.82, 2.24) is 15.3 Å². The molecule has 1 aliphatic rings. The number of aryl methyl sites for hydroxylation is 1. The van der Waals surface area contributed by atoms with Crippen LogP contribution in [0, 0.1) is 12.8 Å². The highest BCUT2D eigenvalue weighted by molar-refractivity contribution is 5.68. The average Bonchev–Trinajstić information content (AvgIpc) is 3.55. The van der Waals surface area contributed by atoms with E-state index >= 15 is 0 Å². The van der Waals surface area contributed by atoms with Gasteiger partial charge >= 0.3 is 12.7 Å². The summed E-state index contributed by atoms with van der Waals surface area (Å²) in [6.07, 6.45) is 3.59. The van der Waals surface area contributed by atoms with Gasteiger partial charge in [0.15, 0.2) is 17.3 Å². The molecule has 204 valence electrons. The molecule has 0 aliphatic heterocycles. The van der Waals surface area contributed by atoms with Crippen LogP contribution in [0.25, 0.3) is 11.5 Å². The number of oxazole rings is 1. The van der Waals surface area contributed by atoms with Gasteiger partial charge in [0.2, 0.25) is 5.89 Å².